The quantitative estimate of drug-likeness (QED) is 0.345. The number of hydrogen-bond acceptors (Lipinski definition) is 9. The first-order valence-electron chi connectivity index (χ1n) is 10.5. The van der Waals surface area contributed by atoms with Gasteiger partial charge in [0.05, 0.1) is 11.7 Å². The molecule has 5 N–H and O–H groups in total. The second-order valence-electron chi connectivity index (χ2n) is 8.73. The number of fused-ring (bicyclic) bond motifs is 1. The van der Waals surface area contributed by atoms with Gasteiger partial charge in [0, 0.05) is 12.6 Å². The molecule has 1 aliphatic heterocycles. The highest BCUT2D eigenvalue weighted by Gasteiger charge is 2.50. The molecule has 0 radical (unpaired) electrons. The third-order valence-corrected chi connectivity index (χ3v) is 8.36. The molecule has 2 aromatic heterocycles. The first kappa shape index (κ1) is 25.0. The van der Waals surface area contributed by atoms with E-state index in [0.717, 1.165) is 4.57 Å². The molecule has 3 heterocycles. The molecule has 0 saturated carbocycles. The second-order valence-corrected chi connectivity index (χ2v) is 10.9. The summed E-state index contributed by atoms with van der Waals surface area (Å²) in [6, 6.07) is 0. The van der Waals surface area contributed by atoms with Gasteiger partial charge in [-0.25, -0.2) is 9.78 Å². The van der Waals surface area contributed by atoms with E-state index in [4.69, 9.17) is 9.26 Å². The van der Waals surface area contributed by atoms with E-state index in [1.54, 1.807) is 27.7 Å². The van der Waals surface area contributed by atoms with Crippen molar-refractivity contribution in [3.05, 3.63) is 22.5 Å². The molecule has 0 spiro atoms. The van der Waals surface area contributed by atoms with Gasteiger partial charge in [-0.1, -0.05) is 13.8 Å². The van der Waals surface area contributed by atoms with Crippen LogP contribution in [-0.4, -0.2) is 69.0 Å². The van der Waals surface area contributed by atoms with E-state index in [-0.39, 0.29) is 24.9 Å². The number of aryl methyl sites for hydroxylation is 1. The third kappa shape index (κ3) is 4.54. The smallest absolute Gasteiger partial charge is 0.359 e. The maximum Gasteiger partial charge on any atom is 0.359 e. The standard InChI is InChI=1S/C19H31N4O8P/c1-6-18(4,31-32(28,29)19(5,27)7-2)8-12-13(24)14(25)16(30-12)23-9-11-15(22-17(23)26)21-10(3)20-11/h9,12-14,16,24-25,27H,6-8H2,1-5H3,(H,28,29)(H,20,21,22,26)/t12-,13?,14+,16-,18?,19?/m1/s1. The summed E-state index contributed by atoms with van der Waals surface area (Å²) in [4.78, 5) is 33.7. The van der Waals surface area contributed by atoms with Crippen molar-refractivity contribution in [3.8, 4) is 0 Å². The number of hydrogen-bond donors (Lipinski definition) is 5. The van der Waals surface area contributed by atoms with E-state index in [2.05, 4.69) is 15.0 Å². The van der Waals surface area contributed by atoms with E-state index < -0.39 is 48.8 Å². The SMILES string of the molecule is CCC(C)(C[C@H]1O[C@@H](n2cc3[nH]c(C)nc3nc2=O)[C@@H](O)C1O)OP(=O)(O)C(C)(O)CC. The van der Waals surface area contributed by atoms with Crippen molar-refractivity contribution in [2.75, 3.05) is 0 Å². The number of aliphatic hydroxyl groups is 3. The summed E-state index contributed by atoms with van der Waals surface area (Å²) in [6.07, 6.45) is -3.52. The lowest BCUT2D eigenvalue weighted by atomic mass is 9.93. The van der Waals surface area contributed by atoms with Crippen molar-refractivity contribution in [1.82, 2.24) is 19.5 Å². The van der Waals surface area contributed by atoms with Crippen molar-refractivity contribution in [2.24, 2.45) is 0 Å². The number of aromatic nitrogens is 4. The molecular formula is C19H31N4O8P. The van der Waals surface area contributed by atoms with Gasteiger partial charge >= 0.3 is 13.3 Å². The van der Waals surface area contributed by atoms with Crippen LogP contribution in [0, 0.1) is 6.92 Å². The van der Waals surface area contributed by atoms with Crippen LogP contribution in [0.25, 0.3) is 11.2 Å². The summed E-state index contributed by atoms with van der Waals surface area (Å²) in [6.45, 7) is 7.77. The molecule has 7 atom stereocenters. The minimum atomic E-state index is -4.45. The zero-order valence-corrected chi connectivity index (χ0v) is 19.6. The van der Waals surface area contributed by atoms with Gasteiger partial charge in [0.15, 0.2) is 17.2 Å². The molecule has 0 amide bonds. The zero-order chi connectivity index (χ0) is 24.1. The molecule has 1 fully saturated rings. The molecule has 0 aliphatic carbocycles. The fraction of sp³-hybridized carbons (Fsp3) is 0.737. The van der Waals surface area contributed by atoms with Gasteiger partial charge in [0.25, 0.3) is 0 Å². The van der Waals surface area contributed by atoms with E-state index in [9.17, 15) is 29.6 Å². The molecule has 180 valence electrons. The Morgan fingerprint density at radius 3 is 2.50 bits per heavy atom. The Bertz CT molecular complexity index is 1080. The molecule has 4 unspecified atom stereocenters. The van der Waals surface area contributed by atoms with Gasteiger partial charge in [-0.3, -0.25) is 9.13 Å². The Morgan fingerprint density at radius 1 is 1.25 bits per heavy atom. The maximum absolute atomic E-state index is 12.7. The highest BCUT2D eigenvalue weighted by molar-refractivity contribution is 7.54. The predicted octanol–water partition coefficient (Wildman–Crippen LogP) is 0.927. The minimum Gasteiger partial charge on any atom is -0.388 e. The van der Waals surface area contributed by atoms with Crippen molar-refractivity contribution >= 4 is 18.8 Å². The largest absolute Gasteiger partial charge is 0.388 e. The summed E-state index contributed by atoms with van der Waals surface area (Å²) >= 11 is 0. The van der Waals surface area contributed by atoms with Crippen LogP contribution in [0.4, 0.5) is 0 Å². The monoisotopic (exact) mass is 474 g/mol. The second kappa shape index (κ2) is 8.60. The van der Waals surface area contributed by atoms with Crippen molar-refractivity contribution in [1.29, 1.82) is 0 Å². The highest BCUT2D eigenvalue weighted by atomic mass is 31.2. The first-order chi connectivity index (χ1) is 14.7. The average molecular weight is 474 g/mol. The molecule has 0 bridgehead atoms. The van der Waals surface area contributed by atoms with Crippen molar-refractivity contribution < 1.29 is 34.0 Å². The van der Waals surface area contributed by atoms with Crippen molar-refractivity contribution in [3.63, 3.8) is 0 Å². The number of nitrogens with zero attached hydrogens (tertiary/aromatic N) is 3. The van der Waals surface area contributed by atoms with E-state index >= 15 is 0 Å². The number of aliphatic hydroxyl groups excluding tert-OH is 2. The van der Waals surface area contributed by atoms with Crippen LogP contribution in [0.15, 0.2) is 11.0 Å². The third-order valence-electron chi connectivity index (χ3n) is 6.14. The highest BCUT2D eigenvalue weighted by Crippen LogP contribution is 2.59. The number of rotatable bonds is 8. The van der Waals surface area contributed by atoms with Gasteiger partial charge in [-0.15, -0.1) is 0 Å². The van der Waals surface area contributed by atoms with Crippen LogP contribution >= 0.6 is 7.60 Å². The molecule has 32 heavy (non-hydrogen) atoms. The number of ether oxygens (including phenoxy) is 1. The Hall–Kier alpha value is -1.66. The first-order valence-corrected chi connectivity index (χ1v) is 12.0. The Balaban J connectivity index is 1.85. The molecule has 3 rings (SSSR count). The number of H-pyrrole nitrogens is 1. The fourth-order valence-corrected chi connectivity index (χ4v) is 4.99. The van der Waals surface area contributed by atoms with Crippen LogP contribution in [-0.2, 0) is 13.8 Å². The summed E-state index contributed by atoms with van der Waals surface area (Å²) in [5, 5.41) is 29.5. The molecule has 1 saturated heterocycles. The zero-order valence-electron chi connectivity index (χ0n) is 18.7. The van der Waals surface area contributed by atoms with E-state index in [1.807, 2.05) is 0 Å². The summed E-state index contributed by atoms with van der Waals surface area (Å²) < 4.78 is 25.1. The summed E-state index contributed by atoms with van der Waals surface area (Å²) in [5.74, 6) is 0.558. The molecule has 12 nitrogen and oxygen atoms in total. The van der Waals surface area contributed by atoms with Crippen LogP contribution in [0.2, 0.25) is 0 Å². The molecule has 1 aliphatic rings. The van der Waals surface area contributed by atoms with Gasteiger partial charge in [-0.2, -0.15) is 4.98 Å². The molecule has 0 aromatic carbocycles. The Labute approximate surface area is 184 Å². The maximum atomic E-state index is 12.7. The summed E-state index contributed by atoms with van der Waals surface area (Å²) in [5.41, 5.74) is -1.30. The molecule has 2 aromatic rings. The number of aromatic amines is 1. The van der Waals surface area contributed by atoms with E-state index in [1.165, 1.54) is 13.1 Å². The van der Waals surface area contributed by atoms with E-state index in [0.29, 0.717) is 11.3 Å². The fourth-order valence-electron chi connectivity index (χ4n) is 3.59. The lowest BCUT2D eigenvalue weighted by Crippen LogP contribution is -2.40. The van der Waals surface area contributed by atoms with Crippen LogP contribution < -0.4 is 5.69 Å². The van der Waals surface area contributed by atoms with Gasteiger partial charge in [-0.05, 0) is 33.6 Å². The molecular weight excluding hydrogens is 443 g/mol. The van der Waals surface area contributed by atoms with Crippen LogP contribution in [0.1, 0.15) is 59.0 Å². The minimum absolute atomic E-state index is 0.00458. The van der Waals surface area contributed by atoms with Crippen LogP contribution in [0.5, 0.6) is 0 Å². The average Bonchev–Trinajstić information content (AvgIpc) is 3.19. The lowest BCUT2D eigenvalue weighted by molar-refractivity contribution is -0.0712. The Morgan fingerprint density at radius 2 is 1.91 bits per heavy atom. The Kier molecular flexibility index (Phi) is 6.71. The lowest BCUT2D eigenvalue weighted by Gasteiger charge is -2.37. The van der Waals surface area contributed by atoms with Gasteiger partial charge in [0.1, 0.15) is 23.5 Å². The topological polar surface area (TPSA) is 180 Å². The van der Waals surface area contributed by atoms with Gasteiger partial charge in [0.2, 0.25) is 0 Å². The summed E-state index contributed by atoms with van der Waals surface area (Å²) in [7, 11) is -4.45. The number of imidazole rings is 1. The normalized spacial score (nSPS) is 29.5. The van der Waals surface area contributed by atoms with Crippen molar-refractivity contribution in [2.45, 2.75) is 89.4 Å². The number of nitrogens with one attached hydrogen (secondary N) is 1. The predicted molar refractivity (Wildman–Crippen MR) is 114 cm³/mol. The van der Waals surface area contributed by atoms with Gasteiger partial charge < -0.3 is 34.5 Å². The van der Waals surface area contributed by atoms with Crippen LogP contribution in [0.3, 0.4) is 0 Å². The molecule has 13 heteroatoms.